The number of aromatic nitrogens is 2. The van der Waals surface area contributed by atoms with E-state index in [1.807, 2.05) is 6.07 Å². The second kappa shape index (κ2) is 7.55. The number of carbonyl (C=O) groups excluding carboxylic acids is 1. The Kier molecular flexibility index (Phi) is 5.21. The number of rotatable bonds is 4. The number of hydrogen-bond donors (Lipinski definition) is 2. The van der Waals surface area contributed by atoms with Crippen molar-refractivity contribution < 1.29 is 9.32 Å². The minimum atomic E-state index is -0.465. The minimum absolute atomic E-state index is 0.293. The lowest BCUT2D eigenvalue weighted by molar-refractivity contribution is 0.245. The molecule has 1 heterocycles. The van der Waals surface area contributed by atoms with Gasteiger partial charge >= 0.3 is 6.03 Å². The molecule has 25 heavy (non-hydrogen) atoms. The van der Waals surface area contributed by atoms with Gasteiger partial charge in [0, 0.05) is 21.3 Å². The Labute approximate surface area is 154 Å². The molecule has 0 aliphatic heterocycles. The van der Waals surface area contributed by atoms with Gasteiger partial charge in [0.25, 0.3) is 0 Å². The largest absolute Gasteiger partial charge is 0.337 e. The predicted octanol–water partition coefficient (Wildman–Crippen LogP) is 4.93. The van der Waals surface area contributed by atoms with Crippen LogP contribution < -0.4 is 10.6 Å². The van der Waals surface area contributed by atoms with E-state index in [2.05, 4.69) is 20.8 Å². The number of halogens is 2. The van der Waals surface area contributed by atoms with Crippen LogP contribution >= 0.6 is 23.2 Å². The van der Waals surface area contributed by atoms with E-state index >= 15 is 0 Å². The monoisotopic (exact) mass is 376 g/mol. The molecule has 1 aromatic heterocycles. The topological polar surface area (TPSA) is 80.0 Å². The Morgan fingerprint density at radius 3 is 2.60 bits per heavy atom. The van der Waals surface area contributed by atoms with Gasteiger partial charge in [0.15, 0.2) is 0 Å². The molecule has 0 bridgehead atoms. The minimum Gasteiger partial charge on any atom is -0.337 e. The Bertz CT molecular complexity index is 880. The lowest BCUT2D eigenvalue weighted by Crippen LogP contribution is -2.31. The van der Waals surface area contributed by atoms with Gasteiger partial charge < -0.3 is 15.2 Å². The maximum atomic E-state index is 12.0. The highest BCUT2D eigenvalue weighted by Crippen LogP contribution is 2.21. The first kappa shape index (κ1) is 17.3. The number of benzene rings is 2. The summed E-state index contributed by atoms with van der Waals surface area (Å²) < 4.78 is 5.22. The summed E-state index contributed by atoms with van der Waals surface area (Å²) in [5.74, 6) is 0.700. The molecular weight excluding hydrogens is 363 g/mol. The van der Waals surface area contributed by atoms with Crippen LogP contribution in [-0.2, 0) is 0 Å². The summed E-state index contributed by atoms with van der Waals surface area (Å²) in [6.45, 7) is 1.75. The van der Waals surface area contributed by atoms with Gasteiger partial charge in [-0.25, -0.2) is 4.79 Å². The van der Waals surface area contributed by atoms with Crippen molar-refractivity contribution in [2.75, 3.05) is 5.32 Å². The standard InChI is InChI=1S/C17H14Cl2N4O2/c1-10(20-17(24)21-14-7-5-12(18)6-8-14)16-22-15(23-25-16)11-3-2-4-13(19)9-11/h2-10H,1H3,(H2,20,21,24). The summed E-state index contributed by atoms with van der Waals surface area (Å²) in [7, 11) is 0. The van der Waals surface area contributed by atoms with Crippen molar-refractivity contribution in [2.24, 2.45) is 0 Å². The maximum Gasteiger partial charge on any atom is 0.319 e. The SMILES string of the molecule is CC(NC(=O)Nc1ccc(Cl)cc1)c1nc(-c2cccc(Cl)c2)no1. The fourth-order valence-electron chi connectivity index (χ4n) is 2.11. The summed E-state index contributed by atoms with van der Waals surface area (Å²) in [4.78, 5) is 16.3. The Balaban J connectivity index is 1.64. The third kappa shape index (κ3) is 4.49. The predicted molar refractivity (Wildman–Crippen MR) is 96.8 cm³/mol. The molecule has 0 fully saturated rings. The van der Waals surface area contributed by atoms with Gasteiger partial charge in [-0.15, -0.1) is 0 Å². The third-order valence-electron chi connectivity index (χ3n) is 3.34. The maximum absolute atomic E-state index is 12.0. The zero-order chi connectivity index (χ0) is 17.8. The molecule has 0 spiro atoms. The fourth-order valence-corrected chi connectivity index (χ4v) is 2.43. The van der Waals surface area contributed by atoms with E-state index in [1.54, 1.807) is 49.4 Å². The van der Waals surface area contributed by atoms with Gasteiger partial charge in [0.2, 0.25) is 11.7 Å². The average molecular weight is 377 g/mol. The second-order valence-electron chi connectivity index (χ2n) is 5.29. The lowest BCUT2D eigenvalue weighted by Gasteiger charge is -2.11. The normalized spacial score (nSPS) is 11.8. The van der Waals surface area contributed by atoms with E-state index in [-0.39, 0.29) is 0 Å². The molecule has 2 N–H and O–H groups in total. The average Bonchev–Trinajstić information content (AvgIpc) is 3.07. The van der Waals surface area contributed by atoms with E-state index in [1.165, 1.54) is 0 Å². The first-order valence-corrected chi connectivity index (χ1v) is 8.19. The molecule has 3 aromatic rings. The van der Waals surface area contributed by atoms with E-state index < -0.39 is 12.1 Å². The number of nitrogens with zero attached hydrogens (tertiary/aromatic N) is 2. The molecule has 0 radical (unpaired) electrons. The molecule has 6 nitrogen and oxygen atoms in total. The second-order valence-corrected chi connectivity index (χ2v) is 6.17. The van der Waals surface area contributed by atoms with Crippen LogP contribution in [0.2, 0.25) is 10.0 Å². The summed E-state index contributed by atoms with van der Waals surface area (Å²) in [6, 6.07) is 13.1. The molecule has 0 aliphatic rings. The van der Waals surface area contributed by atoms with Gasteiger partial charge in [-0.3, -0.25) is 0 Å². The van der Waals surface area contributed by atoms with Gasteiger partial charge in [-0.1, -0.05) is 40.5 Å². The van der Waals surface area contributed by atoms with Crippen LogP contribution in [0.4, 0.5) is 10.5 Å². The molecule has 0 aliphatic carbocycles. The number of nitrogens with one attached hydrogen (secondary N) is 2. The highest BCUT2D eigenvalue weighted by atomic mass is 35.5. The number of amides is 2. The van der Waals surface area contributed by atoms with Crippen LogP contribution in [0.15, 0.2) is 53.1 Å². The van der Waals surface area contributed by atoms with E-state index in [9.17, 15) is 4.79 Å². The lowest BCUT2D eigenvalue weighted by atomic mass is 10.2. The number of carbonyl (C=O) groups is 1. The molecule has 1 atom stereocenters. The Morgan fingerprint density at radius 1 is 1.12 bits per heavy atom. The van der Waals surface area contributed by atoms with Crippen molar-refractivity contribution in [3.05, 3.63) is 64.5 Å². The highest BCUT2D eigenvalue weighted by molar-refractivity contribution is 6.31. The van der Waals surface area contributed by atoms with Crippen molar-refractivity contribution in [3.63, 3.8) is 0 Å². The van der Waals surface area contributed by atoms with Crippen molar-refractivity contribution in [1.29, 1.82) is 0 Å². The van der Waals surface area contributed by atoms with Gasteiger partial charge in [-0.2, -0.15) is 4.98 Å². The first-order valence-electron chi connectivity index (χ1n) is 7.44. The molecular formula is C17H14Cl2N4O2. The van der Waals surface area contributed by atoms with Crippen LogP contribution in [-0.4, -0.2) is 16.2 Å². The van der Waals surface area contributed by atoms with Gasteiger partial charge in [-0.05, 0) is 43.3 Å². The first-order chi connectivity index (χ1) is 12.0. The molecule has 128 valence electrons. The molecule has 3 rings (SSSR count). The van der Waals surface area contributed by atoms with Crippen LogP contribution in [0.3, 0.4) is 0 Å². The number of anilines is 1. The van der Waals surface area contributed by atoms with Crippen molar-refractivity contribution in [1.82, 2.24) is 15.5 Å². The molecule has 0 saturated heterocycles. The molecule has 2 amide bonds. The zero-order valence-corrected chi connectivity index (χ0v) is 14.7. The van der Waals surface area contributed by atoms with E-state index in [0.29, 0.717) is 27.4 Å². The molecule has 2 aromatic carbocycles. The summed E-state index contributed by atoms with van der Waals surface area (Å²) >= 11 is 11.8. The molecule has 1 unspecified atom stereocenters. The van der Waals surface area contributed by atoms with Crippen LogP contribution in [0.1, 0.15) is 18.9 Å². The number of hydrogen-bond acceptors (Lipinski definition) is 4. The summed E-state index contributed by atoms with van der Waals surface area (Å²) in [6.07, 6.45) is 0. The van der Waals surface area contributed by atoms with Crippen molar-refractivity contribution in [3.8, 4) is 11.4 Å². The zero-order valence-electron chi connectivity index (χ0n) is 13.2. The van der Waals surface area contributed by atoms with Crippen LogP contribution in [0.25, 0.3) is 11.4 Å². The third-order valence-corrected chi connectivity index (χ3v) is 3.83. The van der Waals surface area contributed by atoms with Crippen LogP contribution in [0, 0.1) is 0 Å². The smallest absolute Gasteiger partial charge is 0.319 e. The van der Waals surface area contributed by atoms with Gasteiger partial charge in [0.1, 0.15) is 6.04 Å². The summed E-state index contributed by atoms with van der Waals surface area (Å²) in [5.41, 5.74) is 1.36. The van der Waals surface area contributed by atoms with Gasteiger partial charge in [0.05, 0.1) is 0 Å². The number of urea groups is 1. The van der Waals surface area contributed by atoms with E-state index in [0.717, 1.165) is 5.56 Å². The summed E-state index contributed by atoms with van der Waals surface area (Å²) in [5, 5.41) is 10.5. The quantitative estimate of drug-likeness (QED) is 0.676. The molecule has 8 heteroatoms. The Morgan fingerprint density at radius 2 is 1.88 bits per heavy atom. The Hall–Kier alpha value is -2.57. The van der Waals surface area contributed by atoms with Crippen molar-refractivity contribution >= 4 is 34.9 Å². The van der Waals surface area contributed by atoms with Crippen LogP contribution in [0.5, 0.6) is 0 Å². The molecule has 0 saturated carbocycles. The highest BCUT2D eigenvalue weighted by Gasteiger charge is 2.17. The fraction of sp³-hybridized carbons (Fsp3) is 0.118. The van der Waals surface area contributed by atoms with Crippen molar-refractivity contribution in [2.45, 2.75) is 13.0 Å². The van der Waals surface area contributed by atoms with E-state index in [4.69, 9.17) is 27.7 Å².